The number of aromatic nitrogens is 1. The second-order valence-corrected chi connectivity index (χ2v) is 11.4. The molecule has 1 aromatic heterocycles. The van der Waals surface area contributed by atoms with Gasteiger partial charge in [0.1, 0.15) is 10.6 Å². The maximum absolute atomic E-state index is 13.4. The van der Waals surface area contributed by atoms with Crippen molar-refractivity contribution in [2.45, 2.75) is 14.4 Å². The zero-order chi connectivity index (χ0) is 21.8. The highest BCUT2D eigenvalue weighted by Crippen LogP contribution is 2.31. The molecular weight excluding hydrogens is 492 g/mol. The summed E-state index contributed by atoms with van der Waals surface area (Å²) in [6.07, 6.45) is 2.36. The molecule has 1 heterocycles. The van der Waals surface area contributed by atoms with E-state index in [2.05, 4.69) is 25.9 Å². The number of nitrogens with zero attached hydrogens (tertiary/aromatic N) is 2. The number of aliphatic imine (C=N–C) groups is 1. The first-order valence-electron chi connectivity index (χ1n) is 8.58. The van der Waals surface area contributed by atoms with Crippen LogP contribution < -0.4 is 4.74 Å². The fourth-order valence-electron chi connectivity index (χ4n) is 2.63. The highest BCUT2D eigenvalue weighted by atomic mass is 79.9. The lowest BCUT2D eigenvalue weighted by Gasteiger charge is -2.16. The molecule has 0 aliphatic rings. The minimum atomic E-state index is -4.43. The zero-order valence-corrected chi connectivity index (χ0v) is 18.9. The van der Waals surface area contributed by atoms with Gasteiger partial charge in [0.25, 0.3) is 0 Å². The molecule has 0 aliphatic carbocycles. The minimum Gasteiger partial charge on any atom is -0.495 e. The molecule has 0 amide bonds. The van der Waals surface area contributed by atoms with E-state index in [4.69, 9.17) is 4.74 Å². The van der Waals surface area contributed by atoms with Crippen LogP contribution in [0.4, 0.5) is 5.82 Å². The lowest BCUT2D eigenvalue weighted by Crippen LogP contribution is -2.32. The van der Waals surface area contributed by atoms with E-state index in [-0.39, 0.29) is 21.4 Å². The molecule has 7 nitrogen and oxygen atoms in total. The summed E-state index contributed by atoms with van der Waals surface area (Å²) in [6.45, 7) is 0. The van der Waals surface area contributed by atoms with Gasteiger partial charge in [-0.3, -0.25) is 0 Å². The molecule has 0 bridgehead atoms. The van der Waals surface area contributed by atoms with Crippen LogP contribution in [0.3, 0.4) is 0 Å². The van der Waals surface area contributed by atoms with Crippen molar-refractivity contribution >= 4 is 47.6 Å². The number of rotatable bonds is 7. The van der Waals surface area contributed by atoms with Gasteiger partial charge in [-0.25, -0.2) is 26.8 Å². The third kappa shape index (κ3) is 4.61. The fraction of sp³-hybridized carbons (Fsp3) is 0.100. The molecule has 2 aromatic carbocycles. The molecule has 0 radical (unpaired) electrons. The monoisotopic (exact) mass is 508 g/mol. The predicted molar refractivity (Wildman–Crippen MR) is 118 cm³/mol. The lowest BCUT2D eigenvalue weighted by molar-refractivity contribution is 0.403. The molecule has 0 fully saturated rings. The topological polar surface area (TPSA) is 103 Å². The summed E-state index contributed by atoms with van der Waals surface area (Å²) >= 11 is 3.25. The Kier molecular flexibility index (Phi) is 6.69. The van der Waals surface area contributed by atoms with Gasteiger partial charge in [-0.05, 0) is 52.3 Å². The number of hydrogen-bond donors (Lipinski definition) is 0. The number of para-hydroxylation sites is 1. The van der Waals surface area contributed by atoms with Crippen LogP contribution >= 0.6 is 15.9 Å². The first-order chi connectivity index (χ1) is 14.3. The average molecular weight is 509 g/mol. The van der Waals surface area contributed by atoms with E-state index < -0.39 is 24.3 Å². The Labute approximate surface area is 183 Å². The summed E-state index contributed by atoms with van der Waals surface area (Å²) in [5, 5.41) is 0. The van der Waals surface area contributed by atoms with Gasteiger partial charge < -0.3 is 4.74 Å². The standard InChI is InChI=1S/C20H17BrN2O5S2/c1-28-17-9-5-6-10-18(17)30(26,27)20(14-23-19-12-11-15(21)13-22-19)29(24,25)16-7-3-2-4-8-16/h2-14,20H,1H3. The van der Waals surface area contributed by atoms with E-state index in [0.29, 0.717) is 4.47 Å². The zero-order valence-electron chi connectivity index (χ0n) is 15.7. The number of benzene rings is 2. The molecule has 0 N–H and O–H groups in total. The van der Waals surface area contributed by atoms with Gasteiger partial charge in [-0.15, -0.1) is 0 Å². The van der Waals surface area contributed by atoms with Gasteiger partial charge in [0.15, 0.2) is 5.82 Å². The van der Waals surface area contributed by atoms with Gasteiger partial charge >= 0.3 is 0 Å². The highest BCUT2D eigenvalue weighted by Gasteiger charge is 2.40. The molecule has 30 heavy (non-hydrogen) atoms. The van der Waals surface area contributed by atoms with Crippen molar-refractivity contribution in [3.63, 3.8) is 0 Å². The Morgan fingerprint density at radius 2 is 1.60 bits per heavy atom. The van der Waals surface area contributed by atoms with E-state index in [0.717, 1.165) is 6.21 Å². The Bertz CT molecular complexity index is 1260. The van der Waals surface area contributed by atoms with Crippen molar-refractivity contribution in [2.75, 3.05) is 7.11 Å². The number of ether oxygens (including phenoxy) is 1. The highest BCUT2D eigenvalue weighted by molar-refractivity contribution is 9.10. The van der Waals surface area contributed by atoms with Gasteiger partial charge in [-0.1, -0.05) is 30.3 Å². The summed E-state index contributed by atoms with van der Waals surface area (Å²) in [6, 6.07) is 16.4. The maximum atomic E-state index is 13.4. The van der Waals surface area contributed by atoms with Crippen LogP contribution in [0.5, 0.6) is 5.75 Å². The van der Waals surface area contributed by atoms with Crippen LogP contribution in [-0.2, 0) is 19.7 Å². The van der Waals surface area contributed by atoms with Gasteiger partial charge in [0.2, 0.25) is 24.3 Å². The smallest absolute Gasteiger partial charge is 0.206 e. The van der Waals surface area contributed by atoms with Crippen LogP contribution in [0.15, 0.2) is 92.2 Å². The lowest BCUT2D eigenvalue weighted by atomic mass is 10.3. The van der Waals surface area contributed by atoms with E-state index in [9.17, 15) is 16.8 Å². The number of halogens is 1. The first-order valence-corrected chi connectivity index (χ1v) is 12.5. The molecule has 0 spiro atoms. The van der Waals surface area contributed by atoms with E-state index in [1.54, 1.807) is 18.2 Å². The molecule has 0 saturated carbocycles. The molecule has 0 aliphatic heterocycles. The Hall–Kier alpha value is -2.56. The summed E-state index contributed by atoms with van der Waals surface area (Å²) in [5.41, 5.74) is 0. The molecule has 1 atom stereocenters. The Morgan fingerprint density at radius 3 is 2.23 bits per heavy atom. The van der Waals surface area contributed by atoms with Crippen molar-refractivity contribution in [1.29, 1.82) is 0 Å². The van der Waals surface area contributed by atoms with E-state index in [1.165, 1.54) is 61.8 Å². The molecule has 0 saturated heterocycles. The van der Waals surface area contributed by atoms with Crippen LogP contribution in [0.1, 0.15) is 0 Å². The van der Waals surface area contributed by atoms with Crippen molar-refractivity contribution in [2.24, 2.45) is 4.99 Å². The van der Waals surface area contributed by atoms with Crippen LogP contribution in [0.2, 0.25) is 0 Å². The van der Waals surface area contributed by atoms with Crippen molar-refractivity contribution in [3.05, 3.63) is 77.4 Å². The Morgan fingerprint density at radius 1 is 0.933 bits per heavy atom. The number of pyridine rings is 1. The molecule has 3 rings (SSSR count). The number of sulfone groups is 2. The SMILES string of the molecule is COc1ccccc1S(=O)(=O)C(C=Nc1ccc(Br)cn1)S(=O)(=O)c1ccccc1. The summed E-state index contributed by atoms with van der Waals surface area (Å²) in [4.78, 5) is 7.69. The summed E-state index contributed by atoms with van der Waals surface area (Å²) in [5.74, 6) is 0.211. The quantitative estimate of drug-likeness (QED) is 0.449. The van der Waals surface area contributed by atoms with Crippen LogP contribution in [0, 0.1) is 0 Å². The summed E-state index contributed by atoms with van der Waals surface area (Å²) in [7, 11) is -7.45. The molecule has 156 valence electrons. The maximum Gasteiger partial charge on any atom is 0.206 e. The largest absolute Gasteiger partial charge is 0.495 e. The summed E-state index contributed by atoms with van der Waals surface area (Å²) < 4.78 is 57.3. The molecule has 1 unspecified atom stereocenters. The van der Waals surface area contributed by atoms with Gasteiger partial charge in [-0.2, -0.15) is 0 Å². The molecule has 3 aromatic rings. The van der Waals surface area contributed by atoms with Gasteiger partial charge in [0, 0.05) is 16.9 Å². The average Bonchev–Trinajstić information content (AvgIpc) is 2.75. The molecule has 10 heteroatoms. The third-order valence-electron chi connectivity index (χ3n) is 4.10. The Balaban J connectivity index is 2.18. The number of methoxy groups -OCH3 is 1. The first kappa shape index (κ1) is 22.1. The predicted octanol–water partition coefficient (Wildman–Crippen LogP) is 3.83. The van der Waals surface area contributed by atoms with Crippen molar-refractivity contribution in [3.8, 4) is 5.75 Å². The van der Waals surface area contributed by atoms with Crippen LogP contribution in [0.25, 0.3) is 0 Å². The van der Waals surface area contributed by atoms with Crippen molar-refractivity contribution in [1.82, 2.24) is 4.98 Å². The fourth-order valence-corrected chi connectivity index (χ4v) is 7.04. The van der Waals surface area contributed by atoms with E-state index in [1.807, 2.05) is 0 Å². The normalized spacial score (nSPS) is 13.3. The molecular formula is C20H17BrN2O5S2. The second kappa shape index (κ2) is 9.07. The van der Waals surface area contributed by atoms with Gasteiger partial charge in [0.05, 0.1) is 12.0 Å². The second-order valence-electron chi connectivity index (χ2n) is 6.04. The van der Waals surface area contributed by atoms with Crippen LogP contribution in [-0.4, -0.2) is 39.7 Å². The number of hydrogen-bond acceptors (Lipinski definition) is 7. The minimum absolute atomic E-state index is 0.0425. The van der Waals surface area contributed by atoms with Crippen molar-refractivity contribution < 1.29 is 21.6 Å². The van der Waals surface area contributed by atoms with E-state index >= 15 is 0 Å². The third-order valence-corrected chi connectivity index (χ3v) is 9.43.